The molecule has 0 aliphatic heterocycles. The van der Waals surface area contributed by atoms with E-state index in [-0.39, 0.29) is 17.9 Å². The molecule has 1 N–H and O–H groups in total. The van der Waals surface area contributed by atoms with Crippen molar-refractivity contribution in [3.05, 3.63) is 53.6 Å². The normalized spacial score (nSPS) is 12.8. The summed E-state index contributed by atoms with van der Waals surface area (Å²) in [5.41, 5.74) is 3.14. The zero-order chi connectivity index (χ0) is 27.7. The first-order valence-electron chi connectivity index (χ1n) is 12.8. The molecule has 1 aliphatic rings. The van der Waals surface area contributed by atoms with Crippen molar-refractivity contribution in [3.8, 4) is 28.7 Å². The number of methoxy groups -OCH3 is 3. The Hall–Kier alpha value is -4.34. The number of ether oxygens (including phenoxy) is 4. The number of anilines is 1. The van der Waals surface area contributed by atoms with Gasteiger partial charge in [0.25, 0.3) is 0 Å². The zero-order valence-electron chi connectivity index (χ0n) is 23.1. The molecule has 1 aromatic carbocycles. The van der Waals surface area contributed by atoms with Crippen molar-refractivity contribution in [2.75, 3.05) is 26.6 Å². The smallest absolute Gasteiger partial charge is 0.231 e. The minimum atomic E-state index is -0.256. The van der Waals surface area contributed by atoms with Crippen LogP contribution in [-0.4, -0.2) is 47.0 Å². The number of hydrogen-bond donors (Lipinski definition) is 1. The summed E-state index contributed by atoms with van der Waals surface area (Å²) in [7, 11) is 4.70. The number of fused-ring (bicyclic) bond motifs is 2. The maximum Gasteiger partial charge on any atom is 0.231 e. The third-order valence-corrected chi connectivity index (χ3v) is 6.69. The molecule has 3 aromatic heterocycles. The number of aromatic nitrogens is 4. The first-order valence-corrected chi connectivity index (χ1v) is 12.8. The second kappa shape index (κ2) is 10.4. The molecular formula is C29H33N5O5. The summed E-state index contributed by atoms with van der Waals surface area (Å²) in [6, 6.07) is 7.10. The van der Waals surface area contributed by atoms with Gasteiger partial charge in [0.1, 0.15) is 23.1 Å². The van der Waals surface area contributed by atoms with Gasteiger partial charge in [-0.15, -0.1) is 0 Å². The van der Waals surface area contributed by atoms with E-state index in [2.05, 4.69) is 36.1 Å². The Morgan fingerprint density at radius 3 is 2.44 bits per heavy atom. The molecule has 39 heavy (non-hydrogen) atoms. The van der Waals surface area contributed by atoms with Crippen LogP contribution in [0.5, 0.6) is 28.7 Å². The fourth-order valence-electron chi connectivity index (χ4n) is 4.82. The van der Waals surface area contributed by atoms with Gasteiger partial charge in [0, 0.05) is 29.3 Å². The van der Waals surface area contributed by atoms with Gasteiger partial charge in [-0.1, -0.05) is 0 Å². The highest BCUT2D eigenvalue weighted by Crippen LogP contribution is 2.38. The van der Waals surface area contributed by atoms with Gasteiger partial charge in [0.05, 0.1) is 56.4 Å². The predicted molar refractivity (Wildman–Crippen MR) is 147 cm³/mol. The van der Waals surface area contributed by atoms with Crippen molar-refractivity contribution in [2.45, 2.75) is 52.0 Å². The lowest BCUT2D eigenvalue weighted by Crippen LogP contribution is -2.28. The number of pyridine rings is 2. The standard InChI is InChI=1S/C29H33N5O5/c1-29(2,3)34-28(18-8-7-9-20(18)33-34)32-27(35)15-22-24(36-4)12-17(16-31-22)39-23-10-11-30-21-14-26(38-6)25(37-5)13-19(21)23/h10-14,16H,7-9,15H2,1-6H3,(H,32,35). The van der Waals surface area contributed by atoms with Crippen LogP contribution in [0.1, 0.15) is 44.1 Å². The molecule has 10 nitrogen and oxygen atoms in total. The van der Waals surface area contributed by atoms with E-state index in [9.17, 15) is 4.79 Å². The number of carbonyl (C=O) groups excluding carboxylic acids is 1. The van der Waals surface area contributed by atoms with E-state index in [1.165, 1.54) is 0 Å². The SMILES string of the molecule is COc1cc2nccc(Oc3cnc(CC(=O)Nc4c5c(nn4C(C)(C)C)CCC5)c(OC)c3)c2cc1OC. The van der Waals surface area contributed by atoms with Gasteiger partial charge in [0.2, 0.25) is 5.91 Å². The molecule has 0 spiro atoms. The molecule has 0 atom stereocenters. The van der Waals surface area contributed by atoms with Crippen LogP contribution < -0.4 is 24.3 Å². The lowest BCUT2D eigenvalue weighted by Gasteiger charge is -2.23. The number of benzene rings is 1. The molecule has 0 saturated heterocycles. The predicted octanol–water partition coefficient (Wildman–Crippen LogP) is 5.07. The van der Waals surface area contributed by atoms with E-state index in [1.807, 2.05) is 10.7 Å². The largest absolute Gasteiger partial charge is 0.495 e. The highest BCUT2D eigenvalue weighted by atomic mass is 16.5. The molecule has 1 amide bonds. The van der Waals surface area contributed by atoms with Gasteiger partial charge in [-0.25, -0.2) is 4.68 Å². The first kappa shape index (κ1) is 26.3. The number of nitrogens with zero attached hydrogens (tertiary/aromatic N) is 4. The van der Waals surface area contributed by atoms with Gasteiger partial charge < -0.3 is 24.3 Å². The zero-order valence-corrected chi connectivity index (χ0v) is 23.1. The van der Waals surface area contributed by atoms with Crippen molar-refractivity contribution in [2.24, 2.45) is 0 Å². The fourth-order valence-corrected chi connectivity index (χ4v) is 4.82. The molecule has 1 aliphatic carbocycles. The molecule has 204 valence electrons. The minimum absolute atomic E-state index is 0.0444. The minimum Gasteiger partial charge on any atom is -0.495 e. The highest BCUT2D eigenvalue weighted by molar-refractivity contribution is 5.92. The second-order valence-corrected chi connectivity index (χ2v) is 10.4. The third-order valence-electron chi connectivity index (χ3n) is 6.69. The Bertz CT molecular complexity index is 1540. The summed E-state index contributed by atoms with van der Waals surface area (Å²) in [6.45, 7) is 6.23. The summed E-state index contributed by atoms with van der Waals surface area (Å²) >= 11 is 0. The highest BCUT2D eigenvalue weighted by Gasteiger charge is 2.28. The number of nitrogens with one attached hydrogen (secondary N) is 1. The molecule has 5 rings (SSSR count). The van der Waals surface area contributed by atoms with Crippen LogP contribution in [0.3, 0.4) is 0 Å². The van der Waals surface area contributed by atoms with Crippen LogP contribution in [0.4, 0.5) is 5.82 Å². The maximum atomic E-state index is 13.2. The van der Waals surface area contributed by atoms with Crippen LogP contribution in [0.25, 0.3) is 10.9 Å². The summed E-state index contributed by atoms with van der Waals surface area (Å²) in [4.78, 5) is 22.1. The van der Waals surface area contributed by atoms with E-state index in [0.29, 0.717) is 40.0 Å². The average molecular weight is 532 g/mol. The van der Waals surface area contributed by atoms with Crippen molar-refractivity contribution in [1.29, 1.82) is 0 Å². The van der Waals surface area contributed by atoms with Crippen LogP contribution in [0.15, 0.2) is 36.7 Å². The molecule has 0 bridgehead atoms. The van der Waals surface area contributed by atoms with Crippen molar-refractivity contribution < 1.29 is 23.7 Å². The lowest BCUT2D eigenvalue weighted by molar-refractivity contribution is -0.115. The van der Waals surface area contributed by atoms with Gasteiger partial charge in [0.15, 0.2) is 11.5 Å². The summed E-state index contributed by atoms with van der Waals surface area (Å²) in [5.74, 6) is 3.22. The summed E-state index contributed by atoms with van der Waals surface area (Å²) in [5, 5.41) is 8.62. The molecule has 0 saturated carbocycles. The molecule has 0 fully saturated rings. The van der Waals surface area contributed by atoms with Gasteiger partial charge >= 0.3 is 0 Å². The number of aryl methyl sites for hydroxylation is 1. The third kappa shape index (κ3) is 5.19. The van der Waals surface area contributed by atoms with Crippen molar-refractivity contribution >= 4 is 22.6 Å². The Labute approximate surface area is 227 Å². The number of rotatable bonds is 8. The number of carbonyl (C=O) groups is 1. The van der Waals surface area contributed by atoms with Crippen molar-refractivity contribution in [3.63, 3.8) is 0 Å². The Balaban J connectivity index is 1.37. The Morgan fingerprint density at radius 1 is 0.974 bits per heavy atom. The molecule has 3 heterocycles. The Morgan fingerprint density at radius 2 is 1.72 bits per heavy atom. The van der Waals surface area contributed by atoms with Crippen LogP contribution in [0, 0.1) is 0 Å². The van der Waals surface area contributed by atoms with Gasteiger partial charge in [-0.05, 0) is 52.2 Å². The average Bonchev–Trinajstić information content (AvgIpc) is 3.51. The van der Waals surface area contributed by atoms with Crippen LogP contribution in [-0.2, 0) is 29.6 Å². The van der Waals surface area contributed by atoms with Crippen molar-refractivity contribution in [1.82, 2.24) is 19.7 Å². The first-order chi connectivity index (χ1) is 18.7. The topological polar surface area (TPSA) is 110 Å². The molecule has 0 unspecified atom stereocenters. The van der Waals surface area contributed by atoms with Crippen LogP contribution >= 0.6 is 0 Å². The second-order valence-electron chi connectivity index (χ2n) is 10.4. The van der Waals surface area contributed by atoms with E-state index in [0.717, 1.165) is 41.7 Å². The van der Waals surface area contributed by atoms with E-state index in [1.54, 1.807) is 51.9 Å². The van der Waals surface area contributed by atoms with Gasteiger partial charge in [-0.2, -0.15) is 5.10 Å². The lowest BCUT2D eigenvalue weighted by atomic mass is 10.1. The summed E-state index contributed by atoms with van der Waals surface area (Å²) < 4.78 is 24.5. The summed E-state index contributed by atoms with van der Waals surface area (Å²) in [6.07, 6.45) is 6.18. The van der Waals surface area contributed by atoms with E-state index >= 15 is 0 Å². The maximum absolute atomic E-state index is 13.2. The van der Waals surface area contributed by atoms with E-state index < -0.39 is 0 Å². The quantitative estimate of drug-likeness (QED) is 0.336. The molecule has 10 heteroatoms. The molecule has 4 aromatic rings. The van der Waals surface area contributed by atoms with E-state index in [4.69, 9.17) is 24.0 Å². The monoisotopic (exact) mass is 531 g/mol. The number of amides is 1. The fraction of sp³-hybridized carbons (Fsp3) is 0.379. The van der Waals surface area contributed by atoms with Gasteiger partial charge in [-0.3, -0.25) is 14.8 Å². The molecular weight excluding hydrogens is 498 g/mol. The Kier molecular flexibility index (Phi) is 7.03. The van der Waals surface area contributed by atoms with Crippen LogP contribution in [0.2, 0.25) is 0 Å². The molecule has 0 radical (unpaired) electrons. The number of hydrogen-bond acceptors (Lipinski definition) is 8.